The minimum Gasteiger partial charge on any atom is -0.481 e. The zero-order chi connectivity index (χ0) is 11.7. The number of carboxylic acids is 1. The zero-order valence-corrected chi connectivity index (χ0v) is 9.28. The molecule has 0 aliphatic carbocycles. The van der Waals surface area contributed by atoms with E-state index < -0.39 is 5.97 Å². The molecule has 0 fully saturated rings. The van der Waals surface area contributed by atoms with Gasteiger partial charge in [-0.3, -0.25) is 9.59 Å². The number of carbonyl (C=O) groups is 2. The minimum absolute atomic E-state index is 0.0540. The number of hydrogen-bond donors (Lipinski definition) is 2. The molecule has 5 heteroatoms. The molecule has 0 saturated carbocycles. The van der Waals surface area contributed by atoms with Gasteiger partial charge in [0.2, 0.25) is 5.91 Å². The third-order valence-electron chi connectivity index (χ3n) is 1.71. The molecule has 0 bridgehead atoms. The van der Waals surface area contributed by atoms with Gasteiger partial charge >= 0.3 is 5.97 Å². The first-order valence-corrected chi connectivity index (χ1v) is 5.15. The van der Waals surface area contributed by atoms with Gasteiger partial charge in [-0.15, -0.1) is 0 Å². The summed E-state index contributed by atoms with van der Waals surface area (Å²) in [5, 5.41) is 11.1. The van der Waals surface area contributed by atoms with E-state index >= 15 is 0 Å². The number of nitrogens with one attached hydrogen (secondary N) is 1. The van der Waals surface area contributed by atoms with Gasteiger partial charge in [0.1, 0.15) is 0 Å². The topological polar surface area (TPSA) is 75.6 Å². The van der Waals surface area contributed by atoms with Crippen molar-refractivity contribution in [2.75, 3.05) is 13.2 Å². The van der Waals surface area contributed by atoms with Crippen LogP contribution in [0.2, 0.25) is 0 Å². The molecule has 5 nitrogen and oxygen atoms in total. The van der Waals surface area contributed by atoms with Crippen molar-refractivity contribution < 1.29 is 19.4 Å². The van der Waals surface area contributed by atoms with Crippen LogP contribution >= 0.6 is 0 Å². The summed E-state index contributed by atoms with van der Waals surface area (Å²) in [6.07, 6.45) is 1.16. The molecule has 88 valence electrons. The number of ether oxygens (including phenoxy) is 1. The average molecular weight is 217 g/mol. The van der Waals surface area contributed by atoms with E-state index in [2.05, 4.69) is 5.32 Å². The fourth-order valence-electron chi connectivity index (χ4n) is 1.07. The van der Waals surface area contributed by atoms with Crippen LogP contribution in [0.4, 0.5) is 0 Å². The fourth-order valence-corrected chi connectivity index (χ4v) is 1.07. The maximum Gasteiger partial charge on any atom is 0.305 e. The molecule has 0 saturated heterocycles. The molecule has 0 aliphatic rings. The van der Waals surface area contributed by atoms with Crippen molar-refractivity contribution >= 4 is 11.9 Å². The van der Waals surface area contributed by atoms with Crippen molar-refractivity contribution in [1.29, 1.82) is 0 Å². The molecule has 0 aromatic carbocycles. The van der Waals surface area contributed by atoms with Gasteiger partial charge in [0.05, 0.1) is 13.0 Å². The molecule has 2 N–H and O–H groups in total. The summed E-state index contributed by atoms with van der Waals surface area (Å²) in [5.74, 6) is -1.08. The van der Waals surface area contributed by atoms with E-state index in [1.54, 1.807) is 6.92 Å². The summed E-state index contributed by atoms with van der Waals surface area (Å²) in [4.78, 5) is 21.5. The summed E-state index contributed by atoms with van der Waals surface area (Å²) >= 11 is 0. The van der Waals surface area contributed by atoms with E-state index in [1.165, 1.54) is 0 Å². The fraction of sp³-hybridized carbons (Fsp3) is 0.800. The van der Waals surface area contributed by atoms with Crippen LogP contribution in [0.3, 0.4) is 0 Å². The third-order valence-corrected chi connectivity index (χ3v) is 1.71. The van der Waals surface area contributed by atoms with E-state index in [1.807, 2.05) is 6.92 Å². The van der Waals surface area contributed by atoms with Gasteiger partial charge in [0.25, 0.3) is 0 Å². The van der Waals surface area contributed by atoms with Gasteiger partial charge < -0.3 is 15.2 Å². The first-order valence-electron chi connectivity index (χ1n) is 5.15. The number of hydrogen-bond acceptors (Lipinski definition) is 3. The Labute approximate surface area is 89.8 Å². The highest BCUT2D eigenvalue weighted by Gasteiger charge is 2.10. The third kappa shape index (κ3) is 9.21. The van der Waals surface area contributed by atoms with E-state index in [9.17, 15) is 9.59 Å². The molecule has 15 heavy (non-hydrogen) atoms. The summed E-state index contributed by atoms with van der Waals surface area (Å²) in [6, 6.07) is -0.332. The van der Waals surface area contributed by atoms with Crippen molar-refractivity contribution in [2.24, 2.45) is 0 Å². The number of carbonyl (C=O) groups excluding carboxylic acids is 1. The number of rotatable bonds is 8. The summed E-state index contributed by atoms with van der Waals surface area (Å²) in [6.45, 7) is 4.70. The lowest BCUT2D eigenvalue weighted by molar-refractivity contribution is -0.137. The Morgan fingerprint density at radius 1 is 1.40 bits per heavy atom. The molecule has 0 aromatic rings. The monoisotopic (exact) mass is 217 g/mol. The van der Waals surface area contributed by atoms with E-state index in [0.29, 0.717) is 13.2 Å². The second kappa shape index (κ2) is 8.23. The normalized spacial score (nSPS) is 12.1. The Morgan fingerprint density at radius 2 is 2.07 bits per heavy atom. The van der Waals surface area contributed by atoms with E-state index in [-0.39, 0.29) is 24.8 Å². The number of carboxylic acid groups (broad SMARTS) is 1. The van der Waals surface area contributed by atoms with Crippen molar-refractivity contribution in [1.82, 2.24) is 5.32 Å². The zero-order valence-electron chi connectivity index (χ0n) is 9.28. The second-order valence-electron chi connectivity index (χ2n) is 3.43. The van der Waals surface area contributed by atoms with Crippen LogP contribution in [0, 0.1) is 0 Å². The molecule has 1 amide bonds. The summed E-state index contributed by atoms with van der Waals surface area (Å²) in [5.41, 5.74) is 0. The Bertz CT molecular complexity index is 206. The SMILES string of the molecule is CCCOCCC(=O)NC(C)CC(=O)O. The van der Waals surface area contributed by atoms with Crippen LogP contribution in [0.5, 0.6) is 0 Å². The van der Waals surface area contributed by atoms with Crippen molar-refractivity contribution in [3.05, 3.63) is 0 Å². The molecular formula is C10H19NO4. The molecule has 1 unspecified atom stereocenters. The Kier molecular flexibility index (Phi) is 7.62. The van der Waals surface area contributed by atoms with Crippen LogP contribution in [-0.2, 0) is 14.3 Å². The average Bonchev–Trinajstić information content (AvgIpc) is 2.10. The Balaban J connectivity index is 3.51. The van der Waals surface area contributed by atoms with Crippen molar-refractivity contribution in [2.45, 2.75) is 39.2 Å². The highest BCUT2D eigenvalue weighted by atomic mass is 16.5. The maximum atomic E-state index is 11.2. The number of aliphatic carboxylic acids is 1. The standard InChI is InChI=1S/C10H19NO4/c1-3-5-15-6-4-9(12)11-8(2)7-10(13)14/h8H,3-7H2,1-2H3,(H,11,12)(H,13,14). The van der Waals surface area contributed by atoms with Crippen molar-refractivity contribution in [3.8, 4) is 0 Å². The van der Waals surface area contributed by atoms with Crippen LogP contribution in [0.15, 0.2) is 0 Å². The molecular weight excluding hydrogens is 198 g/mol. The summed E-state index contributed by atoms with van der Waals surface area (Å²) < 4.78 is 5.14. The van der Waals surface area contributed by atoms with Gasteiger partial charge in [-0.25, -0.2) is 0 Å². The second-order valence-corrected chi connectivity index (χ2v) is 3.43. The van der Waals surface area contributed by atoms with E-state index in [0.717, 1.165) is 6.42 Å². The summed E-state index contributed by atoms with van der Waals surface area (Å²) in [7, 11) is 0. The largest absolute Gasteiger partial charge is 0.481 e. The van der Waals surface area contributed by atoms with Gasteiger partial charge in [-0.1, -0.05) is 6.92 Å². The maximum absolute atomic E-state index is 11.2. The number of amides is 1. The molecule has 0 rings (SSSR count). The van der Waals surface area contributed by atoms with E-state index in [4.69, 9.17) is 9.84 Å². The highest BCUT2D eigenvalue weighted by Crippen LogP contribution is 1.92. The lowest BCUT2D eigenvalue weighted by Gasteiger charge is -2.11. The lowest BCUT2D eigenvalue weighted by atomic mass is 10.2. The van der Waals surface area contributed by atoms with Crippen LogP contribution in [0.1, 0.15) is 33.1 Å². The van der Waals surface area contributed by atoms with Gasteiger partial charge in [-0.05, 0) is 13.3 Å². The molecule has 0 spiro atoms. The van der Waals surface area contributed by atoms with Crippen LogP contribution in [-0.4, -0.2) is 36.2 Å². The molecule has 0 heterocycles. The smallest absolute Gasteiger partial charge is 0.305 e. The predicted octanol–water partition coefficient (Wildman–Crippen LogP) is 0.782. The Morgan fingerprint density at radius 3 is 2.60 bits per heavy atom. The predicted molar refractivity (Wildman–Crippen MR) is 55.6 cm³/mol. The molecule has 0 radical (unpaired) electrons. The first-order chi connectivity index (χ1) is 7.06. The Hall–Kier alpha value is -1.10. The van der Waals surface area contributed by atoms with Gasteiger partial charge in [-0.2, -0.15) is 0 Å². The van der Waals surface area contributed by atoms with Gasteiger partial charge in [0, 0.05) is 19.1 Å². The van der Waals surface area contributed by atoms with Crippen LogP contribution in [0.25, 0.3) is 0 Å². The molecule has 1 atom stereocenters. The highest BCUT2D eigenvalue weighted by molar-refractivity contribution is 5.77. The van der Waals surface area contributed by atoms with Crippen molar-refractivity contribution in [3.63, 3.8) is 0 Å². The quantitative estimate of drug-likeness (QED) is 0.589. The minimum atomic E-state index is -0.912. The van der Waals surface area contributed by atoms with Crippen LogP contribution < -0.4 is 5.32 Å². The molecule has 0 aromatic heterocycles. The van der Waals surface area contributed by atoms with Gasteiger partial charge in [0.15, 0.2) is 0 Å². The lowest BCUT2D eigenvalue weighted by Crippen LogP contribution is -2.34. The first kappa shape index (κ1) is 13.9. The molecule has 0 aliphatic heterocycles.